The first kappa shape index (κ1) is 9.47. The molecule has 1 aromatic carbocycles. The molecule has 1 aromatic rings. The van der Waals surface area contributed by atoms with E-state index in [4.69, 9.17) is 15.9 Å². The molecule has 0 amide bonds. The van der Waals surface area contributed by atoms with Crippen LogP contribution in [0.2, 0.25) is 0 Å². The highest BCUT2D eigenvalue weighted by atomic mass is 19.1. The van der Waals surface area contributed by atoms with E-state index in [1.54, 1.807) is 0 Å². The second-order valence-electron chi connectivity index (χ2n) is 2.52. The summed E-state index contributed by atoms with van der Waals surface area (Å²) >= 11 is 0. The molecule has 0 radical (unpaired) electrons. The number of hydrogen-bond acceptors (Lipinski definition) is 3. The van der Waals surface area contributed by atoms with E-state index < -0.39 is 17.8 Å². The molecule has 70 valence electrons. The molecular weight excluding hydrogens is 177 g/mol. The molecule has 0 bridgehead atoms. The summed E-state index contributed by atoms with van der Waals surface area (Å²) in [6.45, 7) is 0. The van der Waals surface area contributed by atoms with Gasteiger partial charge in [-0.2, -0.15) is 0 Å². The number of halogens is 1. The van der Waals surface area contributed by atoms with Gasteiger partial charge in [0, 0.05) is 5.56 Å². The molecule has 0 saturated heterocycles. The summed E-state index contributed by atoms with van der Waals surface area (Å²) in [5, 5.41) is 17.4. The quantitative estimate of drug-likeness (QED) is 0.630. The normalized spacial score (nSPS) is 12.5. The Hall–Kier alpha value is -1.62. The minimum Gasteiger partial charge on any atom is -0.508 e. The molecule has 1 atom stereocenters. The molecule has 0 aliphatic heterocycles. The van der Waals surface area contributed by atoms with Crippen molar-refractivity contribution in [1.82, 2.24) is 0 Å². The van der Waals surface area contributed by atoms with Gasteiger partial charge in [-0.3, -0.25) is 4.79 Å². The Morgan fingerprint density at radius 2 is 2.15 bits per heavy atom. The number of phenolic OH excluding ortho intramolecular Hbond substituents is 1. The fraction of sp³-hybridized carbons (Fsp3) is 0.125. The number of aliphatic carboxylic acids is 1. The standard InChI is InChI=1S/C8H8FNO3/c9-6-2-1-4(11)3-5(6)7(10)8(12)13/h1-3,7,11H,10H2,(H,12,13)/t7-/m0/s1. The van der Waals surface area contributed by atoms with E-state index in [0.29, 0.717) is 0 Å². The van der Waals surface area contributed by atoms with Crippen molar-refractivity contribution in [2.45, 2.75) is 6.04 Å². The monoisotopic (exact) mass is 185 g/mol. The van der Waals surface area contributed by atoms with Gasteiger partial charge in [0.2, 0.25) is 0 Å². The lowest BCUT2D eigenvalue weighted by Crippen LogP contribution is -2.21. The van der Waals surface area contributed by atoms with Gasteiger partial charge in [-0.25, -0.2) is 4.39 Å². The first-order valence-corrected chi connectivity index (χ1v) is 3.49. The third-order valence-electron chi connectivity index (χ3n) is 1.58. The molecule has 13 heavy (non-hydrogen) atoms. The summed E-state index contributed by atoms with van der Waals surface area (Å²) in [7, 11) is 0. The van der Waals surface area contributed by atoms with Crippen LogP contribution < -0.4 is 5.73 Å². The summed E-state index contributed by atoms with van der Waals surface area (Å²) in [6.07, 6.45) is 0. The number of carbonyl (C=O) groups is 1. The molecule has 0 spiro atoms. The number of carboxylic acid groups (broad SMARTS) is 1. The van der Waals surface area contributed by atoms with Crippen LogP contribution in [-0.2, 0) is 4.79 Å². The highest BCUT2D eigenvalue weighted by molar-refractivity contribution is 5.75. The van der Waals surface area contributed by atoms with Gasteiger partial charge in [0.25, 0.3) is 0 Å². The zero-order valence-electron chi connectivity index (χ0n) is 6.57. The molecule has 4 N–H and O–H groups in total. The van der Waals surface area contributed by atoms with Crippen LogP contribution >= 0.6 is 0 Å². The number of carboxylic acids is 1. The first-order valence-electron chi connectivity index (χ1n) is 3.49. The number of aromatic hydroxyl groups is 1. The molecular formula is C8H8FNO3. The van der Waals surface area contributed by atoms with E-state index in [0.717, 1.165) is 18.2 Å². The predicted molar refractivity (Wildman–Crippen MR) is 42.6 cm³/mol. The van der Waals surface area contributed by atoms with Crippen LogP contribution in [-0.4, -0.2) is 16.2 Å². The Bertz CT molecular complexity index is 340. The Balaban J connectivity index is 3.12. The Morgan fingerprint density at radius 3 is 2.69 bits per heavy atom. The lowest BCUT2D eigenvalue weighted by molar-refractivity contribution is -0.138. The zero-order valence-corrected chi connectivity index (χ0v) is 6.57. The van der Waals surface area contributed by atoms with Crippen molar-refractivity contribution in [3.05, 3.63) is 29.6 Å². The number of phenols is 1. The van der Waals surface area contributed by atoms with Gasteiger partial charge in [-0.1, -0.05) is 0 Å². The van der Waals surface area contributed by atoms with Crippen molar-refractivity contribution in [2.24, 2.45) is 5.73 Å². The average Bonchev–Trinajstić information content (AvgIpc) is 2.08. The maximum atomic E-state index is 12.9. The van der Waals surface area contributed by atoms with Crippen LogP contribution in [0, 0.1) is 5.82 Å². The summed E-state index contributed by atoms with van der Waals surface area (Å²) in [5.41, 5.74) is 4.93. The molecule has 5 heteroatoms. The number of hydrogen-bond donors (Lipinski definition) is 3. The van der Waals surface area contributed by atoms with E-state index in [-0.39, 0.29) is 11.3 Å². The minimum absolute atomic E-state index is 0.215. The molecule has 0 aliphatic rings. The molecule has 0 aliphatic carbocycles. The van der Waals surface area contributed by atoms with Gasteiger partial charge >= 0.3 is 5.97 Å². The van der Waals surface area contributed by atoms with Gasteiger partial charge in [0.1, 0.15) is 17.6 Å². The Morgan fingerprint density at radius 1 is 1.54 bits per heavy atom. The third-order valence-corrected chi connectivity index (χ3v) is 1.58. The lowest BCUT2D eigenvalue weighted by atomic mass is 10.1. The average molecular weight is 185 g/mol. The number of rotatable bonds is 2. The minimum atomic E-state index is -1.45. The second kappa shape index (κ2) is 3.40. The molecule has 0 saturated carbocycles. The van der Waals surface area contributed by atoms with Crippen LogP contribution in [0.5, 0.6) is 5.75 Å². The molecule has 0 heterocycles. The third kappa shape index (κ3) is 1.94. The van der Waals surface area contributed by atoms with Crippen molar-refractivity contribution in [3.8, 4) is 5.75 Å². The summed E-state index contributed by atoms with van der Waals surface area (Å²) < 4.78 is 12.9. The van der Waals surface area contributed by atoms with E-state index >= 15 is 0 Å². The van der Waals surface area contributed by atoms with E-state index in [1.807, 2.05) is 0 Å². The Kier molecular flexibility index (Phi) is 2.48. The fourth-order valence-electron chi connectivity index (χ4n) is 0.903. The van der Waals surface area contributed by atoms with Crippen LogP contribution in [0.3, 0.4) is 0 Å². The van der Waals surface area contributed by atoms with Crippen molar-refractivity contribution in [1.29, 1.82) is 0 Å². The van der Waals surface area contributed by atoms with Crippen LogP contribution in [0.15, 0.2) is 18.2 Å². The highest BCUT2D eigenvalue weighted by Crippen LogP contribution is 2.20. The zero-order chi connectivity index (χ0) is 10.0. The highest BCUT2D eigenvalue weighted by Gasteiger charge is 2.18. The maximum absolute atomic E-state index is 12.9. The van der Waals surface area contributed by atoms with Crippen molar-refractivity contribution < 1.29 is 19.4 Å². The van der Waals surface area contributed by atoms with Crippen LogP contribution in [0.25, 0.3) is 0 Å². The summed E-state index contributed by atoms with van der Waals surface area (Å²) in [5.74, 6) is -2.30. The largest absolute Gasteiger partial charge is 0.508 e. The Labute approximate surface area is 73.4 Å². The topological polar surface area (TPSA) is 83.6 Å². The lowest BCUT2D eigenvalue weighted by Gasteiger charge is -2.07. The van der Waals surface area contributed by atoms with Gasteiger partial charge in [-0.15, -0.1) is 0 Å². The molecule has 4 nitrogen and oxygen atoms in total. The number of benzene rings is 1. The van der Waals surface area contributed by atoms with Crippen molar-refractivity contribution in [3.63, 3.8) is 0 Å². The second-order valence-corrected chi connectivity index (χ2v) is 2.52. The number of nitrogens with two attached hydrogens (primary N) is 1. The van der Waals surface area contributed by atoms with E-state index in [2.05, 4.69) is 0 Å². The van der Waals surface area contributed by atoms with E-state index in [1.165, 1.54) is 0 Å². The van der Waals surface area contributed by atoms with Crippen molar-refractivity contribution in [2.75, 3.05) is 0 Å². The first-order chi connectivity index (χ1) is 6.02. The van der Waals surface area contributed by atoms with Crippen LogP contribution in [0.1, 0.15) is 11.6 Å². The van der Waals surface area contributed by atoms with Crippen LogP contribution in [0.4, 0.5) is 4.39 Å². The van der Waals surface area contributed by atoms with E-state index in [9.17, 15) is 9.18 Å². The van der Waals surface area contributed by atoms with Gasteiger partial charge < -0.3 is 15.9 Å². The fourth-order valence-corrected chi connectivity index (χ4v) is 0.903. The van der Waals surface area contributed by atoms with Gasteiger partial charge in [0.15, 0.2) is 0 Å². The molecule has 0 unspecified atom stereocenters. The molecule has 1 rings (SSSR count). The van der Waals surface area contributed by atoms with Gasteiger partial charge in [0.05, 0.1) is 0 Å². The summed E-state index contributed by atoms with van der Waals surface area (Å²) in [4.78, 5) is 10.4. The predicted octanol–water partition coefficient (Wildman–Crippen LogP) is 0.616. The maximum Gasteiger partial charge on any atom is 0.325 e. The molecule has 0 fully saturated rings. The smallest absolute Gasteiger partial charge is 0.325 e. The SMILES string of the molecule is N[C@H](C(=O)O)c1cc(O)ccc1F. The van der Waals surface area contributed by atoms with Gasteiger partial charge in [-0.05, 0) is 18.2 Å². The summed E-state index contributed by atoms with van der Waals surface area (Å²) in [6, 6.07) is 1.63. The molecule has 0 aromatic heterocycles. The van der Waals surface area contributed by atoms with Crippen molar-refractivity contribution >= 4 is 5.97 Å².